The number of hydrogen-bond donors (Lipinski definition) is 3. The fraction of sp³-hybridized carbons (Fsp3) is 0.333. The van der Waals surface area contributed by atoms with Crippen LogP contribution in [-0.2, 0) is 5.54 Å². The highest BCUT2D eigenvalue weighted by Crippen LogP contribution is 2.22. The van der Waals surface area contributed by atoms with Crippen molar-refractivity contribution in [3.63, 3.8) is 0 Å². The summed E-state index contributed by atoms with van der Waals surface area (Å²) in [6, 6.07) is 3.51. The Morgan fingerprint density at radius 1 is 1.46 bits per heavy atom. The van der Waals surface area contributed by atoms with Crippen LogP contribution in [0.4, 0.5) is 4.39 Å². The third-order valence-electron chi connectivity index (χ3n) is 1.87. The second-order valence-electron chi connectivity index (χ2n) is 3.27. The second-order valence-corrected chi connectivity index (χ2v) is 3.27. The largest absolute Gasteiger partial charge is 0.508 e. The third-order valence-corrected chi connectivity index (χ3v) is 1.87. The van der Waals surface area contributed by atoms with E-state index in [2.05, 4.69) is 0 Å². The van der Waals surface area contributed by atoms with E-state index in [1.165, 1.54) is 12.1 Å². The number of halogens is 1. The lowest BCUT2D eigenvalue weighted by atomic mass is 9.94. The molecule has 1 aromatic rings. The predicted octanol–water partition coefficient (Wildman–Crippen LogP) is 0.698. The van der Waals surface area contributed by atoms with Gasteiger partial charge in [-0.3, -0.25) is 0 Å². The molecule has 0 saturated heterocycles. The molecular formula is C9H12FNO2. The molecule has 1 atom stereocenters. The van der Waals surface area contributed by atoms with Gasteiger partial charge in [-0.1, -0.05) is 0 Å². The average Bonchev–Trinajstić information content (AvgIpc) is 2.02. The Balaban J connectivity index is 3.15. The summed E-state index contributed by atoms with van der Waals surface area (Å²) in [6.07, 6.45) is 0. The molecule has 72 valence electrons. The lowest BCUT2D eigenvalue weighted by Gasteiger charge is -2.22. The Morgan fingerprint density at radius 2 is 2.08 bits per heavy atom. The van der Waals surface area contributed by atoms with Gasteiger partial charge in [-0.25, -0.2) is 4.39 Å². The Morgan fingerprint density at radius 3 is 2.54 bits per heavy atom. The number of phenolic OH excluding ortho intramolecular Hbond substituents is 1. The summed E-state index contributed by atoms with van der Waals surface area (Å²) in [5.74, 6) is -0.764. The number of benzene rings is 1. The molecule has 0 unspecified atom stereocenters. The van der Waals surface area contributed by atoms with Crippen molar-refractivity contribution >= 4 is 0 Å². The maximum Gasteiger partial charge on any atom is 0.127 e. The van der Waals surface area contributed by atoms with Crippen molar-refractivity contribution in [2.75, 3.05) is 6.61 Å². The first kappa shape index (κ1) is 9.95. The van der Waals surface area contributed by atoms with Gasteiger partial charge in [0.15, 0.2) is 0 Å². The van der Waals surface area contributed by atoms with Gasteiger partial charge in [0.2, 0.25) is 0 Å². The lowest BCUT2D eigenvalue weighted by Crippen LogP contribution is -2.36. The molecule has 0 radical (unpaired) electrons. The molecule has 1 rings (SSSR count). The number of aromatic hydroxyl groups is 1. The van der Waals surface area contributed by atoms with Crippen LogP contribution in [0.1, 0.15) is 12.5 Å². The van der Waals surface area contributed by atoms with Gasteiger partial charge in [0.1, 0.15) is 11.6 Å². The highest BCUT2D eigenvalue weighted by molar-refractivity contribution is 5.32. The Hall–Kier alpha value is -1.13. The number of aliphatic hydroxyl groups excluding tert-OH is 1. The SMILES string of the molecule is C[C@](N)(CO)c1cc(O)cc(F)c1. The fourth-order valence-electron chi connectivity index (χ4n) is 0.995. The fourth-order valence-corrected chi connectivity index (χ4v) is 0.995. The lowest BCUT2D eigenvalue weighted by molar-refractivity contribution is 0.209. The van der Waals surface area contributed by atoms with Crippen molar-refractivity contribution in [3.05, 3.63) is 29.6 Å². The van der Waals surface area contributed by atoms with Crippen molar-refractivity contribution in [2.24, 2.45) is 5.73 Å². The zero-order valence-corrected chi connectivity index (χ0v) is 7.29. The van der Waals surface area contributed by atoms with E-state index in [9.17, 15) is 4.39 Å². The molecule has 0 aliphatic carbocycles. The van der Waals surface area contributed by atoms with E-state index < -0.39 is 11.4 Å². The molecule has 0 heterocycles. The van der Waals surface area contributed by atoms with E-state index in [4.69, 9.17) is 15.9 Å². The number of phenols is 1. The molecule has 0 aliphatic heterocycles. The standard InChI is InChI=1S/C9H12FNO2/c1-9(11,5-12)6-2-7(10)4-8(13)3-6/h2-4,12-13H,5,11H2,1H3/t9-/m0/s1. The normalized spacial score (nSPS) is 15.4. The summed E-state index contributed by atoms with van der Waals surface area (Å²) >= 11 is 0. The first-order valence-electron chi connectivity index (χ1n) is 3.85. The van der Waals surface area contributed by atoms with E-state index in [1.54, 1.807) is 6.92 Å². The Bertz CT molecular complexity index is 292. The number of rotatable bonds is 2. The van der Waals surface area contributed by atoms with Crippen LogP contribution in [-0.4, -0.2) is 16.8 Å². The first-order chi connectivity index (χ1) is 5.95. The van der Waals surface area contributed by atoms with E-state index in [0.717, 1.165) is 6.07 Å². The van der Waals surface area contributed by atoms with Gasteiger partial charge in [-0.2, -0.15) is 0 Å². The van der Waals surface area contributed by atoms with Crippen molar-refractivity contribution in [1.29, 1.82) is 0 Å². The van der Waals surface area contributed by atoms with Crippen LogP contribution in [0.25, 0.3) is 0 Å². The van der Waals surface area contributed by atoms with Gasteiger partial charge < -0.3 is 15.9 Å². The van der Waals surface area contributed by atoms with Gasteiger partial charge in [-0.15, -0.1) is 0 Å². The van der Waals surface area contributed by atoms with Crippen LogP contribution in [0.2, 0.25) is 0 Å². The van der Waals surface area contributed by atoms with Crippen LogP contribution < -0.4 is 5.73 Å². The van der Waals surface area contributed by atoms with Crippen LogP contribution in [0, 0.1) is 5.82 Å². The summed E-state index contributed by atoms with van der Waals surface area (Å²) < 4.78 is 12.8. The smallest absolute Gasteiger partial charge is 0.127 e. The summed E-state index contributed by atoms with van der Waals surface area (Å²) in [5.41, 5.74) is 4.99. The third kappa shape index (κ3) is 2.17. The van der Waals surface area contributed by atoms with Gasteiger partial charge in [0.05, 0.1) is 12.1 Å². The molecule has 0 saturated carbocycles. The van der Waals surface area contributed by atoms with Gasteiger partial charge in [-0.05, 0) is 24.6 Å². The van der Waals surface area contributed by atoms with Gasteiger partial charge in [0.25, 0.3) is 0 Å². The molecule has 0 bridgehead atoms. The minimum absolute atomic E-state index is 0.194. The number of hydrogen-bond acceptors (Lipinski definition) is 3. The molecule has 0 aromatic heterocycles. The summed E-state index contributed by atoms with van der Waals surface area (Å²) in [5, 5.41) is 18.0. The summed E-state index contributed by atoms with van der Waals surface area (Å²) in [6.45, 7) is 1.25. The molecule has 0 fully saturated rings. The molecule has 3 nitrogen and oxygen atoms in total. The van der Waals surface area contributed by atoms with Crippen molar-refractivity contribution in [2.45, 2.75) is 12.5 Å². The van der Waals surface area contributed by atoms with Crippen molar-refractivity contribution in [3.8, 4) is 5.75 Å². The summed E-state index contributed by atoms with van der Waals surface area (Å²) in [4.78, 5) is 0. The first-order valence-corrected chi connectivity index (χ1v) is 3.85. The van der Waals surface area contributed by atoms with Crippen LogP contribution >= 0.6 is 0 Å². The highest BCUT2D eigenvalue weighted by Gasteiger charge is 2.21. The molecule has 0 spiro atoms. The maximum absolute atomic E-state index is 12.8. The van der Waals surface area contributed by atoms with Crippen molar-refractivity contribution in [1.82, 2.24) is 0 Å². The topological polar surface area (TPSA) is 66.5 Å². The quantitative estimate of drug-likeness (QED) is 0.635. The Labute approximate surface area is 75.6 Å². The zero-order valence-electron chi connectivity index (χ0n) is 7.29. The second kappa shape index (κ2) is 3.32. The molecule has 4 N–H and O–H groups in total. The number of nitrogens with two attached hydrogens (primary N) is 1. The molecule has 0 amide bonds. The number of aliphatic hydroxyl groups is 1. The van der Waals surface area contributed by atoms with Crippen LogP contribution in [0.5, 0.6) is 5.75 Å². The van der Waals surface area contributed by atoms with Crippen LogP contribution in [0.3, 0.4) is 0 Å². The maximum atomic E-state index is 12.8. The van der Waals surface area contributed by atoms with E-state index in [0.29, 0.717) is 5.56 Å². The minimum atomic E-state index is -1.03. The van der Waals surface area contributed by atoms with Gasteiger partial charge >= 0.3 is 0 Å². The zero-order chi connectivity index (χ0) is 10.1. The van der Waals surface area contributed by atoms with Crippen LogP contribution in [0.15, 0.2) is 18.2 Å². The van der Waals surface area contributed by atoms with Gasteiger partial charge in [0, 0.05) is 6.07 Å². The molecule has 1 aromatic carbocycles. The molecular weight excluding hydrogens is 173 g/mol. The average molecular weight is 185 g/mol. The monoisotopic (exact) mass is 185 g/mol. The minimum Gasteiger partial charge on any atom is -0.508 e. The van der Waals surface area contributed by atoms with E-state index >= 15 is 0 Å². The predicted molar refractivity (Wildman–Crippen MR) is 46.7 cm³/mol. The van der Waals surface area contributed by atoms with E-state index in [1.807, 2.05) is 0 Å². The van der Waals surface area contributed by atoms with E-state index in [-0.39, 0.29) is 12.4 Å². The van der Waals surface area contributed by atoms with Crippen molar-refractivity contribution < 1.29 is 14.6 Å². The summed E-state index contributed by atoms with van der Waals surface area (Å²) in [7, 11) is 0. The molecule has 0 aliphatic rings. The molecule has 13 heavy (non-hydrogen) atoms. The molecule has 4 heteroatoms. The highest BCUT2D eigenvalue weighted by atomic mass is 19.1. The Kier molecular flexibility index (Phi) is 2.54.